The molecular formula is C14H21BrN2S. The molecule has 2 rings (SSSR count). The van der Waals surface area contributed by atoms with Crippen LogP contribution in [0, 0.1) is 0 Å². The Bertz CT molecular complexity index is 349. The van der Waals surface area contributed by atoms with E-state index in [2.05, 4.69) is 57.0 Å². The predicted octanol–water partition coefficient (Wildman–Crippen LogP) is 3.65. The summed E-state index contributed by atoms with van der Waals surface area (Å²) >= 11 is 5.56. The quantitative estimate of drug-likeness (QED) is 0.862. The van der Waals surface area contributed by atoms with Crippen LogP contribution in [0.2, 0.25) is 0 Å². The molecule has 0 radical (unpaired) electrons. The van der Waals surface area contributed by atoms with Crippen molar-refractivity contribution in [2.75, 3.05) is 12.3 Å². The Morgan fingerprint density at radius 1 is 1.56 bits per heavy atom. The third-order valence-corrected chi connectivity index (χ3v) is 5.27. The second-order valence-corrected chi connectivity index (χ2v) is 7.05. The van der Waals surface area contributed by atoms with Crippen LogP contribution in [-0.4, -0.2) is 28.6 Å². The van der Waals surface area contributed by atoms with Gasteiger partial charge >= 0.3 is 0 Å². The lowest BCUT2D eigenvalue weighted by molar-refractivity contribution is 0.478. The Labute approximate surface area is 122 Å². The van der Waals surface area contributed by atoms with Gasteiger partial charge in [-0.05, 0) is 59.6 Å². The topological polar surface area (TPSA) is 24.9 Å². The zero-order valence-corrected chi connectivity index (χ0v) is 13.3. The second-order valence-electron chi connectivity index (χ2n) is 4.78. The Hall–Kier alpha value is -0.0600. The fourth-order valence-electron chi connectivity index (χ4n) is 2.34. The fourth-order valence-corrected chi connectivity index (χ4v) is 3.97. The number of halogens is 1. The maximum atomic E-state index is 4.50. The van der Waals surface area contributed by atoms with Gasteiger partial charge in [-0.15, -0.1) is 0 Å². The summed E-state index contributed by atoms with van der Waals surface area (Å²) < 4.78 is 1.06. The monoisotopic (exact) mass is 328 g/mol. The summed E-state index contributed by atoms with van der Waals surface area (Å²) in [5.74, 6) is 1.32. The van der Waals surface area contributed by atoms with Gasteiger partial charge in [0.1, 0.15) is 0 Å². The number of hydrogen-bond acceptors (Lipinski definition) is 3. The van der Waals surface area contributed by atoms with Crippen LogP contribution in [0.5, 0.6) is 0 Å². The molecule has 2 heterocycles. The molecule has 100 valence electrons. The van der Waals surface area contributed by atoms with Crippen molar-refractivity contribution in [3.8, 4) is 0 Å². The molecule has 0 saturated carbocycles. The van der Waals surface area contributed by atoms with Crippen LogP contribution in [0.3, 0.4) is 0 Å². The molecule has 2 nitrogen and oxygen atoms in total. The summed E-state index contributed by atoms with van der Waals surface area (Å²) in [5.41, 5.74) is 1.19. The minimum Gasteiger partial charge on any atom is -0.312 e. The summed E-state index contributed by atoms with van der Waals surface area (Å²) in [6.07, 6.45) is 6.86. The van der Waals surface area contributed by atoms with Gasteiger partial charge in [-0.25, -0.2) is 0 Å². The first-order valence-electron chi connectivity index (χ1n) is 6.75. The normalized spacial score (nSPS) is 21.1. The molecule has 4 heteroatoms. The number of rotatable bonds is 6. The highest BCUT2D eigenvalue weighted by Crippen LogP contribution is 2.30. The lowest BCUT2D eigenvalue weighted by Gasteiger charge is -2.24. The largest absolute Gasteiger partial charge is 0.312 e. The van der Waals surface area contributed by atoms with E-state index in [0.717, 1.165) is 22.7 Å². The Morgan fingerprint density at radius 2 is 2.44 bits per heavy atom. The maximum absolute atomic E-state index is 4.50. The molecule has 1 saturated heterocycles. The molecule has 18 heavy (non-hydrogen) atoms. The molecule has 1 aromatic heterocycles. The SMILES string of the molecule is CCCNC(Cc1ccc(Br)cn1)C1CCCS1. The third kappa shape index (κ3) is 4.25. The number of hydrogen-bond donors (Lipinski definition) is 1. The zero-order chi connectivity index (χ0) is 12.8. The van der Waals surface area contributed by atoms with E-state index in [0.29, 0.717) is 6.04 Å². The van der Waals surface area contributed by atoms with E-state index in [-0.39, 0.29) is 0 Å². The first kappa shape index (κ1) is 14.4. The molecule has 2 unspecified atom stereocenters. The maximum Gasteiger partial charge on any atom is 0.0420 e. The second kappa shape index (κ2) is 7.51. The van der Waals surface area contributed by atoms with E-state index in [1.807, 2.05) is 6.20 Å². The van der Waals surface area contributed by atoms with Crippen LogP contribution in [-0.2, 0) is 6.42 Å². The minimum atomic E-state index is 0.575. The predicted molar refractivity (Wildman–Crippen MR) is 83.2 cm³/mol. The summed E-state index contributed by atoms with van der Waals surface area (Å²) in [6, 6.07) is 4.79. The number of nitrogens with one attached hydrogen (secondary N) is 1. The molecule has 0 aliphatic carbocycles. The minimum absolute atomic E-state index is 0.575. The van der Waals surface area contributed by atoms with Crippen molar-refractivity contribution >= 4 is 27.7 Å². The summed E-state index contributed by atoms with van der Waals surface area (Å²) in [7, 11) is 0. The number of pyridine rings is 1. The molecular weight excluding hydrogens is 308 g/mol. The van der Waals surface area contributed by atoms with Gasteiger partial charge in [-0.1, -0.05) is 6.92 Å². The van der Waals surface area contributed by atoms with Crippen molar-refractivity contribution < 1.29 is 0 Å². The average molecular weight is 329 g/mol. The fraction of sp³-hybridized carbons (Fsp3) is 0.643. The molecule has 0 spiro atoms. The lowest BCUT2D eigenvalue weighted by Crippen LogP contribution is -2.39. The molecule has 1 aliphatic heterocycles. The van der Waals surface area contributed by atoms with Gasteiger partial charge < -0.3 is 5.32 Å². The van der Waals surface area contributed by atoms with E-state index >= 15 is 0 Å². The van der Waals surface area contributed by atoms with Gasteiger partial charge in [0.05, 0.1) is 0 Å². The molecule has 1 aliphatic rings. The zero-order valence-electron chi connectivity index (χ0n) is 10.9. The highest BCUT2D eigenvalue weighted by molar-refractivity contribution is 9.10. The first-order valence-corrected chi connectivity index (χ1v) is 8.59. The number of aromatic nitrogens is 1. The number of thioether (sulfide) groups is 1. The van der Waals surface area contributed by atoms with Crippen molar-refractivity contribution in [1.82, 2.24) is 10.3 Å². The Kier molecular flexibility index (Phi) is 5.99. The van der Waals surface area contributed by atoms with E-state index in [9.17, 15) is 0 Å². The van der Waals surface area contributed by atoms with Gasteiger partial charge in [-0.2, -0.15) is 11.8 Å². The van der Waals surface area contributed by atoms with Crippen LogP contribution in [0.4, 0.5) is 0 Å². The van der Waals surface area contributed by atoms with Gasteiger partial charge in [0.2, 0.25) is 0 Å². The lowest BCUT2D eigenvalue weighted by atomic mass is 10.0. The highest BCUT2D eigenvalue weighted by atomic mass is 79.9. The van der Waals surface area contributed by atoms with Crippen molar-refractivity contribution in [1.29, 1.82) is 0 Å². The molecule has 0 aromatic carbocycles. The standard InChI is InChI=1S/C14H21BrN2S/c1-2-7-16-13(14-4-3-8-18-14)9-12-6-5-11(15)10-17-12/h5-6,10,13-14,16H,2-4,7-9H2,1H3. The molecule has 0 bridgehead atoms. The summed E-state index contributed by atoms with van der Waals surface area (Å²) in [4.78, 5) is 4.50. The Balaban J connectivity index is 1.97. The molecule has 1 N–H and O–H groups in total. The van der Waals surface area contributed by atoms with Crippen LogP contribution >= 0.6 is 27.7 Å². The summed E-state index contributed by atoms with van der Waals surface area (Å²) in [6.45, 7) is 3.34. The van der Waals surface area contributed by atoms with Gasteiger partial charge in [-0.3, -0.25) is 4.98 Å². The number of nitrogens with zero attached hydrogens (tertiary/aromatic N) is 1. The summed E-state index contributed by atoms with van der Waals surface area (Å²) in [5, 5.41) is 4.47. The van der Waals surface area contributed by atoms with Crippen molar-refractivity contribution in [2.24, 2.45) is 0 Å². The molecule has 0 amide bonds. The van der Waals surface area contributed by atoms with E-state index in [1.165, 1.54) is 30.7 Å². The third-order valence-electron chi connectivity index (χ3n) is 3.29. The molecule has 2 atom stereocenters. The van der Waals surface area contributed by atoms with Gasteiger partial charge in [0.25, 0.3) is 0 Å². The van der Waals surface area contributed by atoms with Gasteiger partial charge in [0.15, 0.2) is 0 Å². The van der Waals surface area contributed by atoms with Crippen molar-refractivity contribution in [3.05, 3.63) is 28.5 Å². The van der Waals surface area contributed by atoms with E-state index in [4.69, 9.17) is 0 Å². The smallest absolute Gasteiger partial charge is 0.0420 e. The first-order chi connectivity index (χ1) is 8.79. The van der Waals surface area contributed by atoms with E-state index < -0.39 is 0 Å². The van der Waals surface area contributed by atoms with Crippen LogP contribution in [0.1, 0.15) is 31.9 Å². The van der Waals surface area contributed by atoms with Crippen LogP contribution in [0.25, 0.3) is 0 Å². The van der Waals surface area contributed by atoms with Crippen LogP contribution in [0.15, 0.2) is 22.8 Å². The molecule has 1 aromatic rings. The average Bonchev–Trinajstić information content (AvgIpc) is 2.90. The van der Waals surface area contributed by atoms with Crippen molar-refractivity contribution in [2.45, 2.75) is 43.9 Å². The molecule has 1 fully saturated rings. The highest BCUT2D eigenvalue weighted by Gasteiger charge is 2.25. The Morgan fingerprint density at radius 3 is 3.06 bits per heavy atom. The van der Waals surface area contributed by atoms with Crippen molar-refractivity contribution in [3.63, 3.8) is 0 Å². The van der Waals surface area contributed by atoms with E-state index in [1.54, 1.807) is 0 Å². The van der Waals surface area contributed by atoms with Gasteiger partial charge in [0, 0.05) is 34.1 Å². The van der Waals surface area contributed by atoms with Crippen LogP contribution < -0.4 is 5.32 Å².